The summed E-state index contributed by atoms with van der Waals surface area (Å²) in [6.45, 7) is 1.93. The second-order valence-corrected chi connectivity index (χ2v) is 4.78. The number of aryl methyl sites for hydroxylation is 1. The van der Waals surface area contributed by atoms with Gasteiger partial charge in [0.2, 0.25) is 5.28 Å². The summed E-state index contributed by atoms with van der Waals surface area (Å²) in [6.07, 6.45) is 5.97. The van der Waals surface area contributed by atoms with Crippen LogP contribution in [-0.4, -0.2) is 16.0 Å². The zero-order valence-electron chi connectivity index (χ0n) is 9.78. The number of rotatable bonds is 2. The highest BCUT2D eigenvalue weighted by atomic mass is 35.5. The molecule has 5 heteroatoms. The minimum atomic E-state index is 0.0666. The third-order valence-electron chi connectivity index (χ3n) is 3.20. The molecule has 0 bridgehead atoms. The highest BCUT2D eigenvalue weighted by Gasteiger charge is 2.25. The molecule has 1 aliphatic rings. The number of hydrogen-bond donors (Lipinski definition) is 1. The van der Waals surface area contributed by atoms with Crippen LogP contribution >= 0.6 is 11.6 Å². The number of nitriles is 1. The Morgan fingerprint density at radius 3 is 3.00 bits per heavy atom. The summed E-state index contributed by atoms with van der Waals surface area (Å²) in [7, 11) is 0. The molecule has 17 heavy (non-hydrogen) atoms. The lowest BCUT2D eigenvalue weighted by Gasteiger charge is -2.28. The van der Waals surface area contributed by atoms with Gasteiger partial charge in [0, 0.05) is 17.8 Å². The first-order valence-electron chi connectivity index (χ1n) is 5.86. The van der Waals surface area contributed by atoms with Crippen LogP contribution in [0.2, 0.25) is 5.28 Å². The van der Waals surface area contributed by atoms with Gasteiger partial charge in [-0.2, -0.15) is 5.26 Å². The third kappa shape index (κ3) is 2.86. The Morgan fingerprint density at radius 2 is 2.24 bits per heavy atom. The smallest absolute Gasteiger partial charge is 0.224 e. The fourth-order valence-electron chi connectivity index (χ4n) is 2.20. The number of nitrogens with zero attached hydrogens (tertiary/aromatic N) is 3. The maximum absolute atomic E-state index is 9.11. The number of halogens is 1. The van der Waals surface area contributed by atoms with Crippen molar-refractivity contribution in [3.63, 3.8) is 0 Å². The quantitative estimate of drug-likeness (QED) is 0.820. The average Bonchev–Trinajstić information content (AvgIpc) is 2.34. The first kappa shape index (κ1) is 12.1. The fourth-order valence-corrected chi connectivity index (χ4v) is 2.33. The molecule has 1 aromatic heterocycles. The largest absolute Gasteiger partial charge is 0.366 e. The summed E-state index contributed by atoms with van der Waals surface area (Å²) >= 11 is 5.78. The van der Waals surface area contributed by atoms with Crippen LogP contribution in [0.25, 0.3) is 0 Å². The molecule has 1 N–H and O–H groups in total. The lowest BCUT2D eigenvalue weighted by Crippen LogP contribution is -2.32. The SMILES string of the molecule is Cc1cnc(Cl)nc1N[C@H]1CCCCC1C#N. The van der Waals surface area contributed by atoms with E-state index >= 15 is 0 Å². The van der Waals surface area contributed by atoms with Crippen molar-refractivity contribution in [1.82, 2.24) is 9.97 Å². The molecule has 2 atom stereocenters. The van der Waals surface area contributed by atoms with Gasteiger partial charge in [0.05, 0.1) is 12.0 Å². The number of hydrogen-bond acceptors (Lipinski definition) is 4. The zero-order chi connectivity index (χ0) is 12.3. The van der Waals surface area contributed by atoms with E-state index < -0.39 is 0 Å². The summed E-state index contributed by atoms with van der Waals surface area (Å²) in [4.78, 5) is 8.09. The van der Waals surface area contributed by atoms with E-state index in [1.54, 1.807) is 6.20 Å². The van der Waals surface area contributed by atoms with E-state index in [2.05, 4.69) is 21.4 Å². The molecule has 0 saturated heterocycles. The summed E-state index contributed by atoms with van der Waals surface area (Å²) in [5.41, 5.74) is 0.955. The van der Waals surface area contributed by atoms with Crippen LogP contribution in [0, 0.1) is 24.2 Å². The lowest BCUT2D eigenvalue weighted by atomic mass is 9.85. The molecule has 0 aliphatic heterocycles. The van der Waals surface area contributed by atoms with Crippen LogP contribution in [-0.2, 0) is 0 Å². The molecule has 90 valence electrons. The Bertz CT molecular complexity index is 441. The van der Waals surface area contributed by atoms with Gasteiger partial charge in [-0.25, -0.2) is 9.97 Å². The predicted molar refractivity (Wildman–Crippen MR) is 66.8 cm³/mol. The van der Waals surface area contributed by atoms with Gasteiger partial charge in [0.25, 0.3) is 0 Å². The molecule has 1 heterocycles. The molecular weight excluding hydrogens is 236 g/mol. The molecular formula is C12H15ClN4. The summed E-state index contributed by atoms with van der Waals surface area (Å²) < 4.78 is 0. The van der Waals surface area contributed by atoms with Crippen LogP contribution in [0.5, 0.6) is 0 Å². The summed E-state index contributed by atoms with van der Waals surface area (Å²) in [5.74, 6) is 0.814. The topological polar surface area (TPSA) is 61.6 Å². The first-order valence-corrected chi connectivity index (χ1v) is 6.24. The van der Waals surface area contributed by atoms with Crippen molar-refractivity contribution in [2.45, 2.75) is 38.6 Å². The first-order chi connectivity index (χ1) is 8.20. The molecule has 0 spiro atoms. The van der Waals surface area contributed by atoms with E-state index in [-0.39, 0.29) is 17.2 Å². The zero-order valence-corrected chi connectivity index (χ0v) is 10.5. The van der Waals surface area contributed by atoms with Gasteiger partial charge in [0.15, 0.2) is 0 Å². The monoisotopic (exact) mass is 250 g/mol. The average molecular weight is 251 g/mol. The summed E-state index contributed by atoms with van der Waals surface area (Å²) in [6, 6.07) is 2.55. The second-order valence-electron chi connectivity index (χ2n) is 4.44. The van der Waals surface area contributed by atoms with Gasteiger partial charge < -0.3 is 5.32 Å². The Morgan fingerprint density at radius 1 is 1.47 bits per heavy atom. The van der Waals surface area contributed by atoms with E-state index in [0.717, 1.165) is 37.1 Å². The molecule has 4 nitrogen and oxygen atoms in total. The van der Waals surface area contributed by atoms with Gasteiger partial charge >= 0.3 is 0 Å². The summed E-state index contributed by atoms with van der Waals surface area (Å²) in [5, 5.41) is 12.7. The van der Waals surface area contributed by atoms with Crippen LogP contribution in [0.1, 0.15) is 31.2 Å². The van der Waals surface area contributed by atoms with Crippen molar-refractivity contribution in [1.29, 1.82) is 5.26 Å². The van der Waals surface area contributed by atoms with Crippen molar-refractivity contribution >= 4 is 17.4 Å². The van der Waals surface area contributed by atoms with E-state index in [1.165, 1.54) is 0 Å². The highest BCUT2D eigenvalue weighted by Crippen LogP contribution is 2.27. The Balaban J connectivity index is 2.14. The van der Waals surface area contributed by atoms with Gasteiger partial charge in [-0.1, -0.05) is 12.8 Å². The number of aromatic nitrogens is 2. The van der Waals surface area contributed by atoms with Crippen molar-refractivity contribution in [3.05, 3.63) is 17.0 Å². The predicted octanol–water partition coefficient (Wildman–Crippen LogP) is 2.93. The van der Waals surface area contributed by atoms with E-state index in [4.69, 9.17) is 16.9 Å². The standard InChI is InChI=1S/C12H15ClN4/c1-8-7-15-12(13)17-11(8)16-10-5-3-2-4-9(10)6-14/h7,9-10H,2-5H2,1H3,(H,15,16,17)/t9?,10-/m0/s1. The third-order valence-corrected chi connectivity index (χ3v) is 3.38. The fraction of sp³-hybridized carbons (Fsp3) is 0.583. The maximum atomic E-state index is 9.11. The maximum Gasteiger partial charge on any atom is 0.224 e. The lowest BCUT2D eigenvalue weighted by molar-refractivity contribution is 0.388. The van der Waals surface area contributed by atoms with Crippen molar-refractivity contribution < 1.29 is 0 Å². The minimum Gasteiger partial charge on any atom is -0.366 e. The molecule has 2 rings (SSSR count). The van der Waals surface area contributed by atoms with Crippen LogP contribution in [0.15, 0.2) is 6.20 Å². The number of nitrogens with one attached hydrogen (secondary N) is 1. The van der Waals surface area contributed by atoms with Crippen LogP contribution in [0.3, 0.4) is 0 Å². The van der Waals surface area contributed by atoms with Gasteiger partial charge in [-0.3, -0.25) is 0 Å². The van der Waals surface area contributed by atoms with E-state index in [1.807, 2.05) is 6.92 Å². The highest BCUT2D eigenvalue weighted by molar-refractivity contribution is 6.28. The van der Waals surface area contributed by atoms with E-state index in [9.17, 15) is 0 Å². The molecule has 1 fully saturated rings. The van der Waals surface area contributed by atoms with Gasteiger partial charge in [-0.15, -0.1) is 0 Å². The second kappa shape index (κ2) is 5.33. The normalized spacial score (nSPS) is 24.1. The van der Waals surface area contributed by atoms with Crippen molar-refractivity contribution in [2.24, 2.45) is 5.92 Å². The van der Waals surface area contributed by atoms with E-state index in [0.29, 0.717) is 0 Å². The van der Waals surface area contributed by atoms with Crippen molar-refractivity contribution in [2.75, 3.05) is 5.32 Å². The molecule has 1 aromatic rings. The number of anilines is 1. The van der Waals surface area contributed by atoms with Crippen molar-refractivity contribution in [3.8, 4) is 6.07 Å². The minimum absolute atomic E-state index is 0.0666. The van der Waals surface area contributed by atoms with Crippen LogP contribution in [0.4, 0.5) is 5.82 Å². The molecule has 1 aliphatic carbocycles. The molecule has 1 saturated carbocycles. The Hall–Kier alpha value is -1.34. The molecule has 0 radical (unpaired) electrons. The molecule has 0 amide bonds. The molecule has 0 aromatic carbocycles. The Kier molecular flexibility index (Phi) is 3.80. The van der Waals surface area contributed by atoms with Gasteiger partial charge in [-0.05, 0) is 31.4 Å². The Labute approximate surface area is 106 Å². The van der Waals surface area contributed by atoms with Gasteiger partial charge in [0.1, 0.15) is 5.82 Å². The van der Waals surface area contributed by atoms with Crippen LogP contribution < -0.4 is 5.32 Å². The molecule has 1 unspecified atom stereocenters.